The molecule has 0 spiro atoms. The molecule has 1 aromatic carbocycles. The Morgan fingerprint density at radius 1 is 1.56 bits per heavy atom. The van der Waals surface area contributed by atoms with Crippen molar-refractivity contribution in [1.82, 2.24) is 0 Å². The molecule has 0 aliphatic carbocycles. The zero-order valence-corrected chi connectivity index (χ0v) is 9.79. The third-order valence-electron chi connectivity index (χ3n) is 2.66. The van der Waals surface area contributed by atoms with Crippen molar-refractivity contribution in [1.29, 1.82) is 0 Å². The quantitative estimate of drug-likeness (QED) is 0.762. The number of Topliss-reactive ketones (excluding diaryl/α,β-unsaturated/α-hetero) is 1. The number of rotatable bonds is 3. The molecule has 1 aliphatic heterocycles. The van der Waals surface area contributed by atoms with Crippen LogP contribution in [0.2, 0.25) is 5.02 Å². The van der Waals surface area contributed by atoms with E-state index in [0.717, 1.165) is 12.8 Å². The van der Waals surface area contributed by atoms with Gasteiger partial charge in [-0.2, -0.15) is 0 Å². The molecule has 4 heteroatoms. The molecular weight excluding hydrogens is 228 g/mol. The van der Waals surface area contributed by atoms with E-state index in [9.17, 15) is 4.79 Å². The Bertz CT molecular complexity index is 397. The molecule has 1 aromatic rings. The lowest BCUT2D eigenvalue weighted by atomic mass is 10.0. The van der Waals surface area contributed by atoms with E-state index in [1.165, 1.54) is 7.11 Å². The van der Waals surface area contributed by atoms with Gasteiger partial charge in [0.15, 0.2) is 5.78 Å². The molecule has 0 saturated carbocycles. The van der Waals surface area contributed by atoms with Crippen LogP contribution in [0.15, 0.2) is 18.2 Å². The van der Waals surface area contributed by atoms with Crippen LogP contribution in [-0.2, 0) is 4.74 Å². The molecule has 1 unspecified atom stereocenters. The van der Waals surface area contributed by atoms with Crippen molar-refractivity contribution in [3.8, 4) is 5.75 Å². The number of carbonyl (C=O) groups excluding carboxylic acids is 1. The minimum Gasteiger partial charge on any atom is -0.495 e. The van der Waals surface area contributed by atoms with Crippen molar-refractivity contribution < 1.29 is 14.3 Å². The lowest BCUT2D eigenvalue weighted by Gasteiger charge is -2.10. The number of halogens is 1. The molecule has 1 heterocycles. The lowest BCUT2D eigenvalue weighted by molar-refractivity contribution is 0.0642. The van der Waals surface area contributed by atoms with E-state index < -0.39 is 0 Å². The van der Waals surface area contributed by atoms with Gasteiger partial charge in [-0.25, -0.2) is 0 Å². The topological polar surface area (TPSA) is 35.5 Å². The Kier molecular flexibility index (Phi) is 3.46. The van der Waals surface area contributed by atoms with Gasteiger partial charge in [-0.05, 0) is 31.0 Å². The predicted octanol–water partition coefficient (Wildman–Crippen LogP) is 2.71. The van der Waals surface area contributed by atoms with E-state index in [1.54, 1.807) is 18.2 Å². The maximum atomic E-state index is 12.0. The summed E-state index contributed by atoms with van der Waals surface area (Å²) in [6, 6.07) is 5.03. The fourth-order valence-electron chi connectivity index (χ4n) is 1.78. The highest BCUT2D eigenvalue weighted by molar-refractivity contribution is 6.32. The molecule has 86 valence electrons. The van der Waals surface area contributed by atoms with Gasteiger partial charge in [-0.1, -0.05) is 11.6 Å². The highest BCUT2D eigenvalue weighted by atomic mass is 35.5. The first-order chi connectivity index (χ1) is 7.72. The summed E-state index contributed by atoms with van der Waals surface area (Å²) in [7, 11) is 1.53. The summed E-state index contributed by atoms with van der Waals surface area (Å²) in [5.74, 6) is 0.526. The SMILES string of the molecule is COc1cc(C(=O)C2CCCO2)ccc1Cl. The first-order valence-corrected chi connectivity index (χ1v) is 5.59. The van der Waals surface area contributed by atoms with Crippen LogP contribution in [0.5, 0.6) is 5.75 Å². The Labute approximate surface area is 99.3 Å². The highest BCUT2D eigenvalue weighted by Gasteiger charge is 2.25. The summed E-state index contributed by atoms with van der Waals surface area (Å²) in [5.41, 5.74) is 0.591. The zero-order chi connectivity index (χ0) is 11.5. The van der Waals surface area contributed by atoms with E-state index in [4.69, 9.17) is 21.1 Å². The van der Waals surface area contributed by atoms with Crippen LogP contribution in [0.4, 0.5) is 0 Å². The summed E-state index contributed by atoms with van der Waals surface area (Å²) in [6.07, 6.45) is 1.44. The molecule has 1 saturated heterocycles. The van der Waals surface area contributed by atoms with E-state index in [1.807, 2.05) is 0 Å². The zero-order valence-electron chi connectivity index (χ0n) is 9.03. The van der Waals surface area contributed by atoms with E-state index in [2.05, 4.69) is 0 Å². The van der Waals surface area contributed by atoms with Crippen LogP contribution in [0.1, 0.15) is 23.2 Å². The molecule has 2 rings (SSSR count). The first kappa shape index (κ1) is 11.4. The maximum absolute atomic E-state index is 12.0. The molecule has 0 amide bonds. The minimum atomic E-state index is -0.300. The fourth-order valence-corrected chi connectivity index (χ4v) is 1.98. The van der Waals surface area contributed by atoms with E-state index in [0.29, 0.717) is 22.9 Å². The Balaban J connectivity index is 2.22. The Hall–Kier alpha value is -1.06. The summed E-state index contributed by atoms with van der Waals surface area (Å²) in [4.78, 5) is 12.0. The van der Waals surface area contributed by atoms with Gasteiger partial charge in [0.05, 0.1) is 12.1 Å². The van der Waals surface area contributed by atoms with Gasteiger partial charge in [0.2, 0.25) is 0 Å². The molecule has 16 heavy (non-hydrogen) atoms. The molecular formula is C12H13ClO3. The van der Waals surface area contributed by atoms with Crippen molar-refractivity contribution in [2.24, 2.45) is 0 Å². The van der Waals surface area contributed by atoms with Crippen LogP contribution in [-0.4, -0.2) is 25.6 Å². The van der Waals surface area contributed by atoms with Gasteiger partial charge < -0.3 is 9.47 Å². The van der Waals surface area contributed by atoms with Gasteiger partial charge in [-0.3, -0.25) is 4.79 Å². The van der Waals surface area contributed by atoms with Gasteiger partial charge in [0, 0.05) is 12.2 Å². The summed E-state index contributed by atoms with van der Waals surface area (Å²) in [6.45, 7) is 0.668. The van der Waals surface area contributed by atoms with Crippen LogP contribution < -0.4 is 4.74 Å². The summed E-state index contributed by atoms with van der Waals surface area (Å²) in [5, 5.41) is 0.506. The molecule has 0 radical (unpaired) electrons. The molecule has 3 nitrogen and oxygen atoms in total. The molecule has 0 bridgehead atoms. The van der Waals surface area contributed by atoms with Gasteiger partial charge in [0.1, 0.15) is 11.9 Å². The first-order valence-electron chi connectivity index (χ1n) is 5.21. The van der Waals surface area contributed by atoms with E-state index >= 15 is 0 Å². The molecule has 0 aromatic heterocycles. The van der Waals surface area contributed by atoms with Crippen molar-refractivity contribution in [3.05, 3.63) is 28.8 Å². The number of ether oxygens (including phenoxy) is 2. The van der Waals surface area contributed by atoms with Crippen molar-refractivity contribution in [2.75, 3.05) is 13.7 Å². The molecule has 1 atom stereocenters. The summed E-state index contributed by atoms with van der Waals surface area (Å²) >= 11 is 5.89. The number of hydrogen-bond donors (Lipinski definition) is 0. The van der Waals surface area contributed by atoms with Gasteiger partial charge >= 0.3 is 0 Å². The number of methoxy groups -OCH3 is 1. The number of carbonyl (C=O) groups is 1. The van der Waals surface area contributed by atoms with Crippen LogP contribution in [0.25, 0.3) is 0 Å². The van der Waals surface area contributed by atoms with Gasteiger partial charge in [-0.15, -0.1) is 0 Å². The second-order valence-electron chi connectivity index (χ2n) is 3.72. The monoisotopic (exact) mass is 240 g/mol. The second-order valence-corrected chi connectivity index (χ2v) is 4.12. The van der Waals surface area contributed by atoms with E-state index in [-0.39, 0.29) is 11.9 Å². The summed E-state index contributed by atoms with van der Waals surface area (Å²) < 4.78 is 10.4. The molecule has 1 aliphatic rings. The van der Waals surface area contributed by atoms with Crippen molar-refractivity contribution in [3.63, 3.8) is 0 Å². The minimum absolute atomic E-state index is 0.00691. The van der Waals surface area contributed by atoms with Crippen LogP contribution in [0.3, 0.4) is 0 Å². The average molecular weight is 241 g/mol. The standard InChI is InChI=1S/C12H13ClO3/c1-15-11-7-8(4-5-9(11)13)12(14)10-3-2-6-16-10/h4-5,7,10H,2-3,6H2,1H3. The number of hydrogen-bond acceptors (Lipinski definition) is 3. The molecule has 0 N–H and O–H groups in total. The Morgan fingerprint density at radius 2 is 2.38 bits per heavy atom. The molecule has 1 fully saturated rings. The van der Waals surface area contributed by atoms with Gasteiger partial charge in [0.25, 0.3) is 0 Å². The lowest BCUT2D eigenvalue weighted by Crippen LogP contribution is -2.19. The largest absolute Gasteiger partial charge is 0.495 e. The maximum Gasteiger partial charge on any atom is 0.191 e. The number of ketones is 1. The van der Waals surface area contributed by atoms with Crippen molar-refractivity contribution in [2.45, 2.75) is 18.9 Å². The van der Waals surface area contributed by atoms with Crippen LogP contribution in [0, 0.1) is 0 Å². The predicted molar refractivity (Wildman–Crippen MR) is 61.3 cm³/mol. The second kappa shape index (κ2) is 4.85. The average Bonchev–Trinajstić information content (AvgIpc) is 2.82. The fraction of sp³-hybridized carbons (Fsp3) is 0.417. The number of benzene rings is 1. The Morgan fingerprint density at radius 3 is 3.00 bits per heavy atom. The normalized spacial score (nSPS) is 19.8. The highest BCUT2D eigenvalue weighted by Crippen LogP contribution is 2.27. The van der Waals surface area contributed by atoms with Crippen LogP contribution >= 0.6 is 11.6 Å². The third-order valence-corrected chi connectivity index (χ3v) is 2.97. The smallest absolute Gasteiger partial charge is 0.191 e. The third kappa shape index (κ3) is 2.20. The van der Waals surface area contributed by atoms with Crippen molar-refractivity contribution >= 4 is 17.4 Å².